The molecular weight excluding hydrogens is 391 g/mol. The van der Waals surface area contributed by atoms with E-state index < -0.39 is 22.4 Å². The SMILES string of the molecule is CCCC(S)C(=O)[O-].CCCC(S)C(=O)[O-].[CH3][Sn+2][CH3]. The molecule has 0 spiro atoms. The van der Waals surface area contributed by atoms with E-state index in [-0.39, 0.29) is 21.1 Å². The molecule has 0 aliphatic carbocycles. The minimum atomic E-state index is -1.07. The van der Waals surface area contributed by atoms with E-state index in [4.69, 9.17) is 0 Å². The molecule has 0 radical (unpaired) electrons. The monoisotopic (exact) mass is 416 g/mol. The fourth-order valence-electron chi connectivity index (χ4n) is 0.783. The van der Waals surface area contributed by atoms with E-state index in [0.717, 1.165) is 12.8 Å². The van der Waals surface area contributed by atoms with E-state index in [1.807, 2.05) is 13.8 Å². The molecule has 0 aromatic rings. The summed E-state index contributed by atoms with van der Waals surface area (Å²) in [5.74, 6) is -2.15. The van der Waals surface area contributed by atoms with E-state index in [1.54, 1.807) is 0 Å². The van der Waals surface area contributed by atoms with Crippen molar-refractivity contribution in [2.75, 3.05) is 0 Å². The molecule has 0 heterocycles. The van der Waals surface area contributed by atoms with Crippen LogP contribution in [0.2, 0.25) is 9.88 Å². The van der Waals surface area contributed by atoms with Gasteiger partial charge in [-0.3, -0.25) is 0 Å². The van der Waals surface area contributed by atoms with Crippen molar-refractivity contribution < 1.29 is 19.8 Å². The van der Waals surface area contributed by atoms with Gasteiger partial charge in [0.2, 0.25) is 0 Å². The molecule has 0 bridgehead atoms. The molecule has 2 unspecified atom stereocenters. The van der Waals surface area contributed by atoms with Gasteiger partial charge in [-0.15, -0.1) is 0 Å². The first-order chi connectivity index (χ1) is 8.78. The van der Waals surface area contributed by atoms with Crippen molar-refractivity contribution in [2.24, 2.45) is 0 Å². The molecule has 0 aromatic heterocycles. The van der Waals surface area contributed by atoms with Crippen molar-refractivity contribution in [1.29, 1.82) is 0 Å². The van der Waals surface area contributed by atoms with Crippen LogP contribution in [-0.4, -0.2) is 43.6 Å². The van der Waals surface area contributed by atoms with E-state index >= 15 is 0 Å². The second-order valence-electron chi connectivity index (χ2n) is 3.75. The van der Waals surface area contributed by atoms with Crippen LogP contribution in [0, 0.1) is 0 Å². The van der Waals surface area contributed by atoms with Crippen molar-refractivity contribution in [3.05, 3.63) is 0 Å². The van der Waals surface area contributed by atoms with Crippen LogP contribution in [0.5, 0.6) is 0 Å². The first kappa shape index (κ1) is 24.5. The number of carbonyl (C=O) groups excluding carboxylic acids is 2. The summed E-state index contributed by atoms with van der Waals surface area (Å²) in [6, 6.07) is 0. The molecule has 0 aliphatic heterocycles. The van der Waals surface area contributed by atoms with Crippen LogP contribution in [0.3, 0.4) is 0 Å². The summed E-state index contributed by atoms with van der Waals surface area (Å²) >= 11 is 7.72. The number of rotatable bonds is 6. The third kappa shape index (κ3) is 23.9. The van der Waals surface area contributed by atoms with E-state index in [9.17, 15) is 19.8 Å². The Morgan fingerprint density at radius 1 is 0.947 bits per heavy atom. The molecule has 0 rings (SSSR count). The van der Waals surface area contributed by atoms with Gasteiger partial charge in [0.05, 0.1) is 11.9 Å². The Labute approximate surface area is 137 Å². The van der Waals surface area contributed by atoms with Crippen molar-refractivity contribution in [2.45, 2.75) is 59.9 Å². The average molecular weight is 415 g/mol. The number of thiol groups is 2. The second kappa shape index (κ2) is 18.4. The standard InChI is InChI=1S/2C5H10O2S.2CH3.Sn/c2*1-2-3-4(8)5(6)7;;;/h2*4,8H,2-3H2,1H3,(H,6,7);2*1H3;/q;;;;+2/p-2. The molecular formula is C12H24O4S2Sn. The zero-order valence-electron chi connectivity index (χ0n) is 12.0. The summed E-state index contributed by atoms with van der Waals surface area (Å²) in [5, 5.41) is 18.6. The molecule has 2 atom stereocenters. The van der Waals surface area contributed by atoms with Crippen LogP contribution in [-0.2, 0) is 9.59 Å². The Bertz CT molecular complexity index is 206. The fourth-order valence-corrected chi connectivity index (χ4v) is 1.30. The van der Waals surface area contributed by atoms with Gasteiger partial charge in [-0.1, -0.05) is 26.7 Å². The Hall–Kier alpha value is 0.439. The minimum absolute atomic E-state index is 0.230. The Balaban J connectivity index is -0.000000224. The molecule has 4 nitrogen and oxygen atoms in total. The Morgan fingerprint density at radius 3 is 1.21 bits per heavy atom. The van der Waals surface area contributed by atoms with Crippen molar-refractivity contribution in [1.82, 2.24) is 0 Å². The molecule has 0 saturated carbocycles. The number of hydrogen-bond acceptors (Lipinski definition) is 6. The predicted octanol–water partition coefficient (Wildman–Crippen LogP) is 0.456. The Morgan fingerprint density at radius 2 is 1.16 bits per heavy atom. The van der Waals surface area contributed by atoms with Gasteiger partial charge in [0.25, 0.3) is 0 Å². The summed E-state index contributed by atoms with van der Waals surface area (Å²) in [5.41, 5.74) is 0. The molecule has 0 N–H and O–H groups in total. The van der Waals surface area contributed by atoms with Gasteiger partial charge >= 0.3 is 31.0 Å². The maximum atomic E-state index is 9.90. The van der Waals surface area contributed by atoms with Gasteiger partial charge in [-0.2, -0.15) is 25.3 Å². The molecule has 19 heavy (non-hydrogen) atoms. The van der Waals surface area contributed by atoms with Gasteiger partial charge in [0, 0.05) is 10.5 Å². The molecule has 0 aromatic carbocycles. The van der Waals surface area contributed by atoms with Crippen LogP contribution in [0.1, 0.15) is 39.5 Å². The van der Waals surface area contributed by atoms with Gasteiger partial charge in [0.1, 0.15) is 0 Å². The second-order valence-corrected chi connectivity index (χ2v) is 7.85. The van der Waals surface area contributed by atoms with Crippen LogP contribution in [0.4, 0.5) is 0 Å². The number of hydrogen-bond donors (Lipinski definition) is 2. The summed E-state index contributed by atoms with van der Waals surface area (Å²) in [6.45, 7) is 3.82. The van der Waals surface area contributed by atoms with Crippen LogP contribution in [0.15, 0.2) is 0 Å². The molecule has 7 heteroatoms. The maximum absolute atomic E-state index is 9.90. The molecule has 0 aliphatic rings. The summed E-state index contributed by atoms with van der Waals surface area (Å²) < 4.78 is 0. The summed E-state index contributed by atoms with van der Waals surface area (Å²) in [4.78, 5) is 24.4. The average Bonchev–Trinajstić information content (AvgIpc) is 2.31. The normalized spacial score (nSPS) is 11.7. The Kier molecular flexibility index (Phi) is 23.7. The number of carboxylic acid groups (broad SMARTS) is 2. The molecule has 0 fully saturated rings. The first-order valence-electron chi connectivity index (χ1n) is 6.14. The van der Waals surface area contributed by atoms with E-state index in [0.29, 0.717) is 12.8 Å². The number of carboxylic acids is 2. The quantitative estimate of drug-likeness (QED) is 0.488. The third-order valence-corrected chi connectivity index (χ3v) is 2.61. The molecule has 112 valence electrons. The van der Waals surface area contributed by atoms with Crippen molar-refractivity contribution in [3.63, 3.8) is 0 Å². The van der Waals surface area contributed by atoms with Gasteiger partial charge in [-0.25, -0.2) is 0 Å². The van der Waals surface area contributed by atoms with E-state index in [2.05, 4.69) is 35.1 Å². The van der Waals surface area contributed by atoms with Crippen molar-refractivity contribution >= 4 is 58.3 Å². The summed E-state index contributed by atoms with van der Waals surface area (Å²) in [7, 11) is 0. The van der Waals surface area contributed by atoms with Gasteiger partial charge in [-0.05, 0) is 12.8 Å². The number of aliphatic carboxylic acids is 2. The zero-order valence-corrected chi connectivity index (χ0v) is 16.7. The van der Waals surface area contributed by atoms with Crippen LogP contribution in [0.25, 0.3) is 0 Å². The fraction of sp³-hybridized carbons (Fsp3) is 0.833. The van der Waals surface area contributed by atoms with Crippen molar-refractivity contribution in [3.8, 4) is 0 Å². The van der Waals surface area contributed by atoms with Crippen LogP contribution >= 0.6 is 25.3 Å². The van der Waals surface area contributed by atoms with Gasteiger partial charge < -0.3 is 19.8 Å². The third-order valence-electron chi connectivity index (χ3n) is 1.67. The molecule has 0 amide bonds. The topological polar surface area (TPSA) is 80.3 Å². The van der Waals surface area contributed by atoms with E-state index in [1.165, 1.54) is 0 Å². The predicted molar refractivity (Wildman–Crippen MR) is 82.9 cm³/mol. The van der Waals surface area contributed by atoms with Crippen LogP contribution < -0.4 is 10.2 Å². The number of carbonyl (C=O) groups is 2. The summed E-state index contributed by atoms with van der Waals surface area (Å²) in [6.07, 6.45) is 2.85. The first-order valence-corrected chi connectivity index (χ1v) is 12.9. The van der Waals surface area contributed by atoms with Gasteiger partial charge in [0.15, 0.2) is 0 Å². The molecule has 0 saturated heterocycles. The zero-order chi connectivity index (χ0) is 15.8.